The van der Waals surface area contributed by atoms with Gasteiger partial charge in [-0.1, -0.05) is 17.3 Å². The predicted octanol–water partition coefficient (Wildman–Crippen LogP) is 3.04. The first-order valence-corrected chi connectivity index (χ1v) is 7.20. The summed E-state index contributed by atoms with van der Waals surface area (Å²) in [7, 11) is 2.03. The molecule has 2 aromatic heterocycles. The van der Waals surface area contributed by atoms with Gasteiger partial charge in [0, 0.05) is 30.5 Å². The second-order valence-corrected chi connectivity index (χ2v) is 5.67. The average molecular weight is 283 g/mol. The summed E-state index contributed by atoms with van der Waals surface area (Å²) in [6.45, 7) is 3.56. The summed E-state index contributed by atoms with van der Waals surface area (Å²) >= 11 is 0. The molecule has 0 bridgehead atoms. The van der Waals surface area contributed by atoms with Crippen molar-refractivity contribution in [3.63, 3.8) is 0 Å². The van der Waals surface area contributed by atoms with Crippen molar-refractivity contribution in [1.29, 1.82) is 0 Å². The number of hydrogen-bond acceptors (Lipinski definition) is 4. The van der Waals surface area contributed by atoms with E-state index < -0.39 is 0 Å². The van der Waals surface area contributed by atoms with Crippen molar-refractivity contribution in [2.75, 3.05) is 13.2 Å². The molecule has 1 atom stereocenters. The molecule has 4 rings (SSSR count). The molecule has 0 unspecified atom stereocenters. The quantitative estimate of drug-likeness (QED) is 0.725. The zero-order valence-electron chi connectivity index (χ0n) is 12.2. The van der Waals surface area contributed by atoms with Crippen LogP contribution in [-0.4, -0.2) is 27.9 Å². The Labute approximate surface area is 122 Å². The number of aromatic nitrogens is 3. The lowest BCUT2D eigenvalue weighted by Crippen LogP contribution is -2.00. The fourth-order valence-corrected chi connectivity index (χ4v) is 2.89. The van der Waals surface area contributed by atoms with Crippen LogP contribution in [0, 0.1) is 6.92 Å². The van der Waals surface area contributed by atoms with Gasteiger partial charge in [0.1, 0.15) is 5.69 Å². The SMILES string of the molecule is Cc1ccc2cc(-c3nc([C@H]4CCOC4)no3)n(C)c2c1. The maximum atomic E-state index is 5.47. The molecule has 5 heteroatoms. The van der Waals surface area contributed by atoms with Crippen molar-refractivity contribution < 1.29 is 9.26 Å². The summed E-state index contributed by atoms with van der Waals surface area (Å²) in [5, 5.41) is 5.31. The Morgan fingerprint density at radius 1 is 1.29 bits per heavy atom. The summed E-state index contributed by atoms with van der Waals surface area (Å²) < 4.78 is 13.0. The van der Waals surface area contributed by atoms with Crippen LogP contribution in [0.25, 0.3) is 22.5 Å². The van der Waals surface area contributed by atoms with E-state index in [1.54, 1.807) is 0 Å². The predicted molar refractivity (Wildman–Crippen MR) is 79.1 cm³/mol. The molecule has 1 aliphatic rings. The van der Waals surface area contributed by atoms with Crippen LogP contribution in [0.15, 0.2) is 28.8 Å². The fourth-order valence-electron chi connectivity index (χ4n) is 2.89. The molecule has 0 amide bonds. The monoisotopic (exact) mass is 283 g/mol. The Hall–Kier alpha value is -2.14. The van der Waals surface area contributed by atoms with Gasteiger partial charge in [0.05, 0.1) is 6.61 Å². The zero-order chi connectivity index (χ0) is 14.4. The fraction of sp³-hybridized carbons (Fsp3) is 0.375. The highest BCUT2D eigenvalue weighted by Crippen LogP contribution is 2.29. The molecule has 1 aliphatic heterocycles. The van der Waals surface area contributed by atoms with Crippen molar-refractivity contribution in [2.24, 2.45) is 7.05 Å². The minimum Gasteiger partial charge on any atom is -0.381 e. The van der Waals surface area contributed by atoms with E-state index >= 15 is 0 Å². The van der Waals surface area contributed by atoms with Crippen LogP contribution >= 0.6 is 0 Å². The van der Waals surface area contributed by atoms with Crippen molar-refractivity contribution in [3.05, 3.63) is 35.7 Å². The van der Waals surface area contributed by atoms with Crippen molar-refractivity contribution in [2.45, 2.75) is 19.3 Å². The topological polar surface area (TPSA) is 53.1 Å². The number of hydrogen-bond donors (Lipinski definition) is 0. The van der Waals surface area contributed by atoms with Crippen LogP contribution in [-0.2, 0) is 11.8 Å². The van der Waals surface area contributed by atoms with Gasteiger partial charge in [-0.05, 0) is 31.0 Å². The van der Waals surface area contributed by atoms with Gasteiger partial charge in [-0.2, -0.15) is 4.98 Å². The van der Waals surface area contributed by atoms with Gasteiger partial charge in [0.25, 0.3) is 5.89 Å². The van der Waals surface area contributed by atoms with Gasteiger partial charge in [0.15, 0.2) is 5.82 Å². The Morgan fingerprint density at radius 3 is 3.00 bits per heavy atom. The molecule has 0 radical (unpaired) electrons. The third kappa shape index (κ3) is 2.05. The number of fused-ring (bicyclic) bond motifs is 1. The zero-order valence-corrected chi connectivity index (χ0v) is 12.2. The number of nitrogens with zero attached hydrogens (tertiary/aromatic N) is 3. The van der Waals surface area contributed by atoms with Crippen molar-refractivity contribution >= 4 is 10.9 Å². The number of aryl methyl sites for hydroxylation is 2. The summed E-state index contributed by atoms with van der Waals surface area (Å²) in [5.41, 5.74) is 3.37. The van der Waals surface area contributed by atoms with E-state index in [4.69, 9.17) is 9.26 Å². The van der Waals surface area contributed by atoms with Crippen LogP contribution in [0.5, 0.6) is 0 Å². The lowest BCUT2D eigenvalue weighted by molar-refractivity contribution is 0.192. The highest BCUT2D eigenvalue weighted by molar-refractivity contribution is 5.86. The molecule has 1 aromatic carbocycles. The van der Waals surface area contributed by atoms with E-state index in [9.17, 15) is 0 Å². The lowest BCUT2D eigenvalue weighted by Gasteiger charge is -2.00. The summed E-state index contributed by atoms with van der Waals surface area (Å²) in [6.07, 6.45) is 0.966. The molecule has 5 nitrogen and oxygen atoms in total. The molecular weight excluding hydrogens is 266 g/mol. The lowest BCUT2D eigenvalue weighted by atomic mass is 10.1. The largest absolute Gasteiger partial charge is 0.381 e. The van der Waals surface area contributed by atoms with Crippen molar-refractivity contribution in [3.8, 4) is 11.6 Å². The molecule has 0 aliphatic carbocycles. The molecule has 1 fully saturated rings. The van der Waals surface area contributed by atoms with Crippen LogP contribution in [0.1, 0.15) is 23.7 Å². The Balaban J connectivity index is 1.77. The Bertz CT molecular complexity index is 797. The van der Waals surface area contributed by atoms with Gasteiger partial charge in [0.2, 0.25) is 0 Å². The molecule has 21 heavy (non-hydrogen) atoms. The molecule has 1 saturated heterocycles. The normalized spacial score (nSPS) is 18.7. The minimum atomic E-state index is 0.263. The molecular formula is C16H17N3O2. The van der Waals surface area contributed by atoms with Gasteiger partial charge in [-0.3, -0.25) is 0 Å². The van der Waals surface area contributed by atoms with Gasteiger partial charge in [-0.25, -0.2) is 0 Å². The highest BCUT2D eigenvalue weighted by atomic mass is 16.5. The first-order chi connectivity index (χ1) is 10.2. The maximum absolute atomic E-state index is 5.47. The summed E-state index contributed by atoms with van der Waals surface area (Å²) in [4.78, 5) is 4.56. The summed E-state index contributed by atoms with van der Waals surface area (Å²) in [5.74, 6) is 1.59. The van der Waals surface area contributed by atoms with E-state index in [-0.39, 0.29) is 5.92 Å². The van der Waals surface area contributed by atoms with Crippen LogP contribution in [0.2, 0.25) is 0 Å². The average Bonchev–Trinajstić information content (AvgIpc) is 3.18. The highest BCUT2D eigenvalue weighted by Gasteiger charge is 2.24. The van der Waals surface area contributed by atoms with Crippen LogP contribution < -0.4 is 0 Å². The van der Waals surface area contributed by atoms with Crippen LogP contribution in [0.3, 0.4) is 0 Å². The smallest absolute Gasteiger partial charge is 0.274 e. The summed E-state index contributed by atoms with van der Waals surface area (Å²) in [6, 6.07) is 8.50. The molecule has 3 heterocycles. The molecule has 108 valence electrons. The van der Waals surface area contributed by atoms with E-state index in [2.05, 4.69) is 45.9 Å². The second kappa shape index (κ2) is 4.70. The Kier molecular flexibility index (Phi) is 2.82. The maximum Gasteiger partial charge on any atom is 0.274 e. The first-order valence-electron chi connectivity index (χ1n) is 7.20. The van der Waals surface area contributed by atoms with Crippen molar-refractivity contribution in [1.82, 2.24) is 14.7 Å². The number of benzene rings is 1. The van der Waals surface area contributed by atoms with Gasteiger partial charge in [-0.15, -0.1) is 0 Å². The molecule has 3 aromatic rings. The van der Waals surface area contributed by atoms with Crippen LogP contribution in [0.4, 0.5) is 0 Å². The third-order valence-electron chi connectivity index (χ3n) is 4.16. The van der Waals surface area contributed by atoms with E-state index in [0.29, 0.717) is 12.5 Å². The minimum absolute atomic E-state index is 0.263. The van der Waals surface area contributed by atoms with E-state index in [0.717, 1.165) is 24.5 Å². The third-order valence-corrected chi connectivity index (χ3v) is 4.16. The molecule has 0 N–H and O–H groups in total. The van der Waals surface area contributed by atoms with E-state index in [1.807, 2.05) is 7.05 Å². The van der Waals surface area contributed by atoms with Gasteiger partial charge >= 0.3 is 0 Å². The molecule has 0 saturated carbocycles. The van der Waals surface area contributed by atoms with Gasteiger partial charge < -0.3 is 13.8 Å². The van der Waals surface area contributed by atoms with E-state index in [1.165, 1.54) is 16.5 Å². The number of rotatable bonds is 2. The second-order valence-electron chi connectivity index (χ2n) is 5.67. The number of ether oxygens (including phenoxy) is 1. The molecule has 0 spiro atoms. The Morgan fingerprint density at radius 2 is 2.19 bits per heavy atom. The first kappa shape index (κ1) is 12.6. The standard InChI is InChI=1S/C16H17N3O2/c1-10-3-4-11-8-14(19(2)13(11)7-10)16-17-15(18-21-16)12-5-6-20-9-12/h3-4,7-8,12H,5-6,9H2,1-2H3/t12-/m0/s1.